The molecule has 9 heteroatoms. The van der Waals surface area contributed by atoms with E-state index in [0.717, 1.165) is 17.0 Å². The van der Waals surface area contributed by atoms with E-state index in [-0.39, 0.29) is 6.04 Å². The van der Waals surface area contributed by atoms with Crippen LogP contribution >= 0.6 is 11.3 Å². The van der Waals surface area contributed by atoms with Crippen molar-refractivity contribution >= 4 is 17.3 Å². The maximum atomic E-state index is 12.4. The zero-order valence-electron chi connectivity index (χ0n) is 17.5. The van der Waals surface area contributed by atoms with Gasteiger partial charge in [0.2, 0.25) is 5.13 Å². The normalized spacial score (nSPS) is 12.0. The van der Waals surface area contributed by atoms with Crippen LogP contribution in [0.15, 0.2) is 35.8 Å². The predicted molar refractivity (Wildman–Crippen MR) is 115 cm³/mol. The van der Waals surface area contributed by atoms with Crippen LogP contribution in [0.25, 0.3) is 16.4 Å². The van der Waals surface area contributed by atoms with Crippen LogP contribution in [0.1, 0.15) is 29.9 Å². The van der Waals surface area contributed by atoms with Crippen molar-refractivity contribution in [2.45, 2.75) is 26.4 Å². The number of methoxy groups -OCH3 is 2. The van der Waals surface area contributed by atoms with Gasteiger partial charge in [-0.25, -0.2) is 14.5 Å². The van der Waals surface area contributed by atoms with Gasteiger partial charge in [0, 0.05) is 30.6 Å². The number of hydrogen-bond acceptors (Lipinski definition) is 8. The van der Waals surface area contributed by atoms with E-state index in [9.17, 15) is 4.79 Å². The molecule has 0 amide bonds. The molecule has 0 aliphatic rings. The number of esters is 1. The minimum absolute atomic E-state index is 0.111. The lowest BCUT2D eigenvalue weighted by atomic mass is 10.2. The minimum atomic E-state index is -0.396. The SMILES string of the molecule is CCOC(=O)c1cnn(-c2nc(-c3ccc(OC)cc3)cs2)c1CNC(C)COC. The average Bonchev–Trinajstić information content (AvgIpc) is 3.40. The Morgan fingerprint density at radius 1 is 1.27 bits per heavy atom. The Balaban J connectivity index is 1.90. The highest BCUT2D eigenvalue weighted by Crippen LogP contribution is 2.27. The first-order valence-corrected chi connectivity index (χ1v) is 10.5. The molecule has 0 aliphatic heterocycles. The fourth-order valence-corrected chi connectivity index (χ4v) is 3.74. The highest BCUT2D eigenvalue weighted by atomic mass is 32.1. The van der Waals surface area contributed by atoms with Gasteiger partial charge in [0.25, 0.3) is 0 Å². The quantitative estimate of drug-likeness (QED) is 0.494. The Kier molecular flexibility index (Phi) is 7.56. The Morgan fingerprint density at radius 3 is 2.70 bits per heavy atom. The standard InChI is InChI=1S/C21H26N4O4S/c1-5-29-20(26)17-10-23-25(19(17)11-22-14(2)12-27-3)21-24-18(13-30-21)15-6-8-16(28-4)9-7-15/h6-10,13-14,22H,5,11-12H2,1-4H3. The maximum absolute atomic E-state index is 12.4. The Hall–Kier alpha value is -2.75. The van der Waals surface area contributed by atoms with Crippen molar-refractivity contribution in [2.75, 3.05) is 27.4 Å². The number of ether oxygens (including phenoxy) is 3. The van der Waals surface area contributed by atoms with E-state index in [2.05, 4.69) is 10.4 Å². The highest BCUT2D eigenvalue weighted by molar-refractivity contribution is 7.12. The van der Waals surface area contributed by atoms with Gasteiger partial charge >= 0.3 is 5.97 Å². The number of aromatic nitrogens is 3. The van der Waals surface area contributed by atoms with Crippen molar-refractivity contribution in [1.29, 1.82) is 0 Å². The smallest absolute Gasteiger partial charge is 0.341 e. The highest BCUT2D eigenvalue weighted by Gasteiger charge is 2.21. The van der Waals surface area contributed by atoms with Gasteiger partial charge in [-0.2, -0.15) is 5.10 Å². The Bertz CT molecular complexity index is 968. The molecule has 3 aromatic rings. The van der Waals surface area contributed by atoms with Crippen LogP contribution < -0.4 is 10.1 Å². The van der Waals surface area contributed by atoms with Crippen LogP contribution in [0, 0.1) is 0 Å². The van der Waals surface area contributed by atoms with Crippen molar-refractivity contribution in [1.82, 2.24) is 20.1 Å². The van der Waals surface area contributed by atoms with Gasteiger partial charge in [0.05, 0.1) is 37.9 Å². The third-order valence-electron chi connectivity index (χ3n) is 4.46. The van der Waals surface area contributed by atoms with E-state index in [1.54, 1.807) is 25.8 Å². The first-order valence-electron chi connectivity index (χ1n) is 9.64. The number of nitrogens with zero attached hydrogens (tertiary/aromatic N) is 3. The zero-order chi connectivity index (χ0) is 21.5. The van der Waals surface area contributed by atoms with Crippen LogP contribution in [0.2, 0.25) is 0 Å². The minimum Gasteiger partial charge on any atom is -0.497 e. The van der Waals surface area contributed by atoms with Crippen LogP contribution in [0.3, 0.4) is 0 Å². The van der Waals surface area contributed by atoms with E-state index in [0.29, 0.717) is 36.1 Å². The van der Waals surface area contributed by atoms with Gasteiger partial charge in [0.1, 0.15) is 11.3 Å². The summed E-state index contributed by atoms with van der Waals surface area (Å²) in [5.41, 5.74) is 2.93. The Morgan fingerprint density at radius 2 is 2.03 bits per heavy atom. The number of hydrogen-bond donors (Lipinski definition) is 1. The molecule has 1 N–H and O–H groups in total. The summed E-state index contributed by atoms with van der Waals surface area (Å²) in [6, 6.07) is 7.82. The summed E-state index contributed by atoms with van der Waals surface area (Å²) in [6.07, 6.45) is 1.53. The molecule has 30 heavy (non-hydrogen) atoms. The molecular weight excluding hydrogens is 404 g/mol. The molecule has 1 aromatic carbocycles. The number of carbonyl (C=O) groups excluding carboxylic acids is 1. The van der Waals surface area contributed by atoms with Gasteiger partial charge in [-0.15, -0.1) is 11.3 Å². The van der Waals surface area contributed by atoms with Gasteiger partial charge in [0.15, 0.2) is 0 Å². The fraction of sp³-hybridized carbons (Fsp3) is 0.381. The molecule has 1 atom stereocenters. The lowest BCUT2D eigenvalue weighted by Gasteiger charge is -2.14. The van der Waals surface area contributed by atoms with Crippen molar-refractivity contribution in [3.63, 3.8) is 0 Å². The van der Waals surface area contributed by atoms with Crippen LogP contribution in [0.4, 0.5) is 0 Å². The summed E-state index contributed by atoms with van der Waals surface area (Å²) in [6.45, 7) is 5.08. The summed E-state index contributed by atoms with van der Waals surface area (Å²) >= 11 is 1.46. The molecule has 2 heterocycles. The third kappa shape index (κ3) is 5.05. The summed E-state index contributed by atoms with van der Waals surface area (Å²) in [5.74, 6) is 0.394. The summed E-state index contributed by atoms with van der Waals surface area (Å²) in [5, 5.41) is 10.4. The number of carbonyl (C=O) groups is 1. The number of nitrogens with one attached hydrogen (secondary N) is 1. The van der Waals surface area contributed by atoms with Gasteiger partial charge in [-0.1, -0.05) is 0 Å². The molecule has 0 saturated carbocycles. The van der Waals surface area contributed by atoms with Crippen LogP contribution in [0.5, 0.6) is 5.75 Å². The molecule has 0 aliphatic carbocycles. The largest absolute Gasteiger partial charge is 0.497 e. The van der Waals surface area contributed by atoms with Gasteiger partial charge in [-0.05, 0) is 38.1 Å². The van der Waals surface area contributed by atoms with Gasteiger partial charge in [-0.3, -0.25) is 0 Å². The molecule has 8 nitrogen and oxygen atoms in total. The van der Waals surface area contributed by atoms with E-state index in [4.69, 9.17) is 19.2 Å². The summed E-state index contributed by atoms with van der Waals surface area (Å²) < 4.78 is 17.3. The molecule has 0 radical (unpaired) electrons. The second-order valence-electron chi connectivity index (χ2n) is 6.62. The van der Waals surface area contributed by atoms with Crippen LogP contribution in [-0.4, -0.2) is 54.2 Å². The van der Waals surface area contributed by atoms with E-state index >= 15 is 0 Å². The monoisotopic (exact) mass is 430 g/mol. The second kappa shape index (κ2) is 10.3. The zero-order valence-corrected chi connectivity index (χ0v) is 18.4. The predicted octanol–water partition coefficient (Wildman–Crippen LogP) is 3.31. The number of benzene rings is 1. The maximum Gasteiger partial charge on any atom is 0.341 e. The number of thiazole rings is 1. The molecule has 0 bridgehead atoms. The second-order valence-corrected chi connectivity index (χ2v) is 7.45. The molecular formula is C21H26N4O4S. The lowest BCUT2D eigenvalue weighted by Crippen LogP contribution is -2.31. The van der Waals surface area contributed by atoms with Crippen molar-refractivity contribution in [3.8, 4) is 22.1 Å². The van der Waals surface area contributed by atoms with Crippen molar-refractivity contribution < 1.29 is 19.0 Å². The van der Waals surface area contributed by atoms with Gasteiger partial charge < -0.3 is 19.5 Å². The summed E-state index contributed by atoms with van der Waals surface area (Å²) in [4.78, 5) is 17.1. The van der Waals surface area contributed by atoms with E-state index < -0.39 is 5.97 Å². The first-order chi connectivity index (χ1) is 14.6. The van der Waals surface area contributed by atoms with E-state index in [1.165, 1.54) is 17.5 Å². The summed E-state index contributed by atoms with van der Waals surface area (Å²) in [7, 11) is 3.29. The Labute approximate surface area is 179 Å². The first kappa shape index (κ1) is 21.9. The van der Waals surface area contributed by atoms with Crippen molar-refractivity contribution in [3.05, 3.63) is 47.1 Å². The lowest BCUT2D eigenvalue weighted by molar-refractivity contribution is 0.0524. The fourth-order valence-electron chi connectivity index (χ4n) is 2.92. The molecule has 0 saturated heterocycles. The molecule has 1 unspecified atom stereocenters. The molecule has 0 fully saturated rings. The third-order valence-corrected chi connectivity index (χ3v) is 5.27. The molecule has 2 aromatic heterocycles. The van der Waals surface area contributed by atoms with Crippen molar-refractivity contribution in [2.24, 2.45) is 0 Å². The average molecular weight is 431 g/mol. The molecule has 0 spiro atoms. The van der Waals surface area contributed by atoms with Crippen LogP contribution in [-0.2, 0) is 16.0 Å². The molecule has 160 valence electrons. The topological polar surface area (TPSA) is 87.5 Å². The van der Waals surface area contributed by atoms with E-state index in [1.807, 2.05) is 36.6 Å². The number of rotatable bonds is 10. The molecule has 3 rings (SSSR count).